The van der Waals surface area contributed by atoms with Gasteiger partial charge >= 0.3 is 5.97 Å². The molecule has 0 saturated heterocycles. The Morgan fingerprint density at radius 2 is 2.04 bits per heavy atom. The van der Waals surface area contributed by atoms with Gasteiger partial charge < -0.3 is 19.9 Å². The lowest BCUT2D eigenvalue weighted by Crippen LogP contribution is -2.38. The molecule has 2 unspecified atom stereocenters. The van der Waals surface area contributed by atoms with E-state index in [9.17, 15) is 14.7 Å². The molecule has 2 N–H and O–H groups in total. The third-order valence-electron chi connectivity index (χ3n) is 3.43. The molecule has 0 saturated carbocycles. The lowest BCUT2D eigenvalue weighted by Gasteiger charge is -2.20. The van der Waals surface area contributed by atoms with E-state index in [2.05, 4.69) is 10.4 Å². The number of aromatic hydroxyl groups is 1. The number of hydrogen-bond donors (Lipinski definition) is 2. The Labute approximate surface area is 139 Å². The van der Waals surface area contributed by atoms with Crippen LogP contribution in [0.4, 0.5) is 0 Å². The molecule has 2 rings (SSSR count). The van der Waals surface area contributed by atoms with Gasteiger partial charge in [0, 0.05) is 25.9 Å². The zero-order chi connectivity index (χ0) is 17.7. The zero-order valence-electron chi connectivity index (χ0n) is 13.6. The molecule has 1 heterocycles. The average molecular weight is 333 g/mol. The highest BCUT2D eigenvalue weighted by molar-refractivity contribution is 5.88. The van der Waals surface area contributed by atoms with E-state index in [1.54, 1.807) is 30.1 Å². The van der Waals surface area contributed by atoms with E-state index in [4.69, 9.17) is 9.47 Å². The third-order valence-corrected chi connectivity index (χ3v) is 3.43. The first kappa shape index (κ1) is 17.5. The molecule has 0 spiro atoms. The highest BCUT2D eigenvalue weighted by Gasteiger charge is 2.29. The van der Waals surface area contributed by atoms with Gasteiger partial charge in [0.1, 0.15) is 5.75 Å². The number of rotatable bonds is 6. The van der Waals surface area contributed by atoms with Gasteiger partial charge in [0.25, 0.3) is 5.91 Å². The largest absolute Gasteiger partial charge is 0.508 e. The van der Waals surface area contributed by atoms with E-state index in [-0.39, 0.29) is 5.75 Å². The number of aryl methyl sites for hydroxylation is 1. The van der Waals surface area contributed by atoms with E-state index in [1.165, 1.54) is 32.5 Å². The number of methoxy groups -OCH3 is 2. The lowest BCUT2D eigenvalue weighted by molar-refractivity contribution is -0.147. The van der Waals surface area contributed by atoms with Gasteiger partial charge in [-0.15, -0.1) is 0 Å². The number of nitrogens with zero attached hydrogens (tertiary/aromatic N) is 2. The van der Waals surface area contributed by atoms with Gasteiger partial charge in [-0.05, 0) is 17.7 Å². The minimum Gasteiger partial charge on any atom is -0.508 e. The first-order chi connectivity index (χ1) is 11.5. The van der Waals surface area contributed by atoms with Crippen molar-refractivity contribution >= 4 is 11.9 Å². The summed E-state index contributed by atoms with van der Waals surface area (Å²) in [4.78, 5) is 24.6. The molecule has 24 heavy (non-hydrogen) atoms. The maximum atomic E-state index is 12.5. The number of benzene rings is 1. The van der Waals surface area contributed by atoms with Crippen LogP contribution in [0.2, 0.25) is 0 Å². The Balaban J connectivity index is 2.25. The number of nitrogens with one attached hydrogen (secondary N) is 1. The number of aromatic nitrogens is 2. The fourth-order valence-corrected chi connectivity index (χ4v) is 2.29. The molecule has 8 heteroatoms. The second-order valence-corrected chi connectivity index (χ2v) is 5.12. The maximum Gasteiger partial charge on any atom is 0.333 e. The Kier molecular flexibility index (Phi) is 5.54. The summed E-state index contributed by atoms with van der Waals surface area (Å²) in [5, 5.41) is 16.2. The van der Waals surface area contributed by atoms with E-state index in [0.29, 0.717) is 11.1 Å². The fraction of sp³-hybridized carbons (Fsp3) is 0.312. The summed E-state index contributed by atoms with van der Waals surface area (Å²) in [5.41, 5.74) is 0.952. The van der Waals surface area contributed by atoms with E-state index in [1.807, 2.05) is 0 Å². The number of hydrogen-bond acceptors (Lipinski definition) is 6. The van der Waals surface area contributed by atoms with E-state index >= 15 is 0 Å². The van der Waals surface area contributed by atoms with Crippen LogP contribution < -0.4 is 5.32 Å². The summed E-state index contributed by atoms with van der Waals surface area (Å²) in [6.45, 7) is 0. The predicted octanol–water partition coefficient (Wildman–Crippen LogP) is 0.844. The van der Waals surface area contributed by atoms with Crippen LogP contribution in [-0.2, 0) is 26.1 Å². The number of ether oxygens (including phenoxy) is 2. The maximum absolute atomic E-state index is 12.5. The Morgan fingerprint density at radius 3 is 2.58 bits per heavy atom. The topological polar surface area (TPSA) is 103 Å². The first-order valence-electron chi connectivity index (χ1n) is 7.14. The number of amides is 1. The van der Waals surface area contributed by atoms with Crippen molar-refractivity contribution in [2.24, 2.45) is 7.05 Å². The van der Waals surface area contributed by atoms with Crippen molar-refractivity contribution in [1.29, 1.82) is 0 Å². The van der Waals surface area contributed by atoms with Crippen LogP contribution in [0.5, 0.6) is 5.75 Å². The molecule has 0 aliphatic carbocycles. The van der Waals surface area contributed by atoms with Gasteiger partial charge in [0.2, 0.25) is 0 Å². The second kappa shape index (κ2) is 7.60. The molecule has 8 nitrogen and oxygen atoms in total. The minimum absolute atomic E-state index is 0.0220. The van der Waals surface area contributed by atoms with Crippen molar-refractivity contribution in [3.8, 4) is 5.75 Å². The number of carbonyl (C=O) groups excluding carboxylic acids is 2. The van der Waals surface area contributed by atoms with Crippen molar-refractivity contribution in [1.82, 2.24) is 15.1 Å². The number of phenolic OH excluding ortho intramolecular Hbond substituents is 1. The fourth-order valence-electron chi connectivity index (χ4n) is 2.29. The van der Waals surface area contributed by atoms with E-state index < -0.39 is 24.0 Å². The van der Waals surface area contributed by atoms with Crippen molar-refractivity contribution in [2.75, 3.05) is 14.2 Å². The smallest absolute Gasteiger partial charge is 0.333 e. The molecule has 0 fully saturated rings. The van der Waals surface area contributed by atoms with Crippen LogP contribution >= 0.6 is 0 Å². The Hall–Kier alpha value is -2.87. The van der Waals surface area contributed by atoms with Gasteiger partial charge in [0.05, 0.1) is 13.3 Å². The summed E-state index contributed by atoms with van der Waals surface area (Å²) in [7, 11) is 4.33. The Morgan fingerprint density at radius 1 is 1.29 bits per heavy atom. The van der Waals surface area contributed by atoms with Crippen LogP contribution in [-0.4, -0.2) is 41.0 Å². The summed E-state index contributed by atoms with van der Waals surface area (Å²) >= 11 is 0. The molecular formula is C16H19N3O5. The average Bonchev–Trinajstić information content (AvgIpc) is 2.98. The van der Waals surface area contributed by atoms with E-state index in [0.717, 1.165) is 0 Å². The van der Waals surface area contributed by atoms with Gasteiger partial charge in [-0.3, -0.25) is 9.48 Å². The summed E-state index contributed by atoms with van der Waals surface area (Å²) < 4.78 is 11.5. The molecule has 0 bridgehead atoms. The summed E-state index contributed by atoms with van der Waals surface area (Å²) in [6.07, 6.45) is 2.23. The third kappa shape index (κ3) is 3.90. The van der Waals surface area contributed by atoms with Crippen LogP contribution in [0.1, 0.15) is 23.3 Å². The molecule has 0 aliphatic rings. The molecule has 2 atom stereocenters. The molecular weight excluding hydrogens is 314 g/mol. The minimum atomic E-state index is -1.07. The van der Waals surface area contributed by atoms with Crippen molar-refractivity contribution in [3.05, 3.63) is 47.8 Å². The summed E-state index contributed by atoms with van der Waals surface area (Å²) in [6, 6.07) is 4.96. The lowest BCUT2D eigenvalue weighted by atomic mass is 10.1. The van der Waals surface area contributed by atoms with Gasteiger partial charge in [0.15, 0.2) is 12.1 Å². The standard InChI is InChI=1S/C16H19N3O5/c1-19-9-11(8-17-19)14(23-2)15(21)18-13(16(22)24-3)10-5-4-6-12(20)7-10/h4-9,13-14,20H,1-3H3,(H,18,21). The molecule has 0 radical (unpaired) electrons. The number of phenols is 1. The summed E-state index contributed by atoms with van der Waals surface area (Å²) in [5.74, 6) is -1.20. The van der Waals surface area contributed by atoms with Crippen LogP contribution in [0.15, 0.2) is 36.7 Å². The van der Waals surface area contributed by atoms with Crippen molar-refractivity contribution in [3.63, 3.8) is 0 Å². The molecule has 0 aliphatic heterocycles. The first-order valence-corrected chi connectivity index (χ1v) is 7.14. The molecule has 1 aromatic heterocycles. The van der Waals surface area contributed by atoms with Crippen molar-refractivity contribution < 1.29 is 24.2 Å². The zero-order valence-corrected chi connectivity index (χ0v) is 13.6. The normalized spacial score (nSPS) is 13.1. The molecule has 1 aromatic carbocycles. The predicted molar refractivity (Wildman–Crippen MR) is 84.0 cm³/mol. The molecule has 1 amide bonds. The second-order valence-electron chi connectivity index (χ2n) is 5.12. The molecule has 2 aromatic rings. The van der Waals surface area contributed by atoms with Gasteiger partial charge in [-0.2, -0.15) is 5.10 Å². The SMILES string of the molecule is COC(=O)C(NC(=O)C(OC)c1cnn(C)c1)c1cccc(O)c1. The molecule has 128 valence electrons. The highest BCUT2D eigenvalue weighted by Crippen LogP contribution is 2.22. The Bertz CT molecular complexity index is 728. The van der Waals surface area contributed by atoms with Crippen LogP contribution in [0.3, 0.4) is 0 Å². The van der Waals surface area contributed by atoms with Crippen LogP contribution in [0.25, 0.3) is 0 Å². The monoisotopic (exact) mass is 333 g/mol. The quantitative estimate of drug-likeness (QED) is 0.760. The van der Waals surface area contributed by atoms with Crippen LogP contribution in [0, 0.1) is 0 Å². The van der Waals surface area contributed by atoms with Gasteiger partial charge in [-0.1, -0.05) is 12.1 Å². The number of esters is 1. The van der Waals surface area contributed by atoms with Crippen molar-refractivity contribution in [2.45, 2.75) is 12.1 Å². The van der Waals surface area contributed by atoms with Gasteiger partial charge in [-0.25, -0.2) is 4.79 Å². The number of carbonyl (C=O) groups is 2. The highest BCUT2D eigenvalue weighted by atomic mass is 16.5.